The van der Waals surface area contributed by atoms with E-state index in [1.165, 1.54) is 6.92 Å². The van der Waals surface area contributed by atoms with Crippen LogP contribution < -0.4 is 15.0 Å². The molecule has 0 aromatic heterocycles. The summed E-state index contributed by atoms with van der Waals surface area (Å²) in [7, 11) is 0. The Balaban J connectivity index is 2.05. The molecule has 0 fully saturated rings. The van der Waals surface area contributed by atoms with Crippen LogP contribution in [0.15, 0.2) is 48.5 Å². The number of benzene rings is 2. The zero-order chi connectivity index (χ0) is 18.2. The Bertz CT molecular complexity index is 743. The van der Waals surface area contributed by atoms with Crippen molar-refractivity contribution >= 4 is 23.2 Å². The molecular formula is C20H24N2O3. The van der Waals surface area contributed by atoms with Crippen molar-refractivity contribution in [2.45, 2.75) is 27.2 Å². The molecule has 0 aliphatic carbocycles. The molecule has 0 aliphatic rings. The molecule has 0 unspecified atom stereocenters. The molecule has 0 saturated heterocycles. The third-order valence-corrected chi connectivity index (χ3v) is 3.70. The molecule has 2 rings (SSSR count). The van der Waals surface area contributed by atoms with Crippen molar-refractivity contribution in [3.63, 3.8) is 0 Å². The van der Waals surface area contributed by atoms with Crippen LogP contribution in [0.4, 0.5) is 11.4 Å². The van der Waals surface area contributed by atoms with Gasteiger partial charge in [-0.1, -0.05) is 24.3 Å². The van der Waals surface area contributed by atoms with Gasteiger partial charge in [-0.2, -0.15) is 0 Å². The summed E-state index contributed by atoms with van der Waals surface area (Å²) in [5.74, 6) is 0.376. The maximum absolute atomic E-state index is 12.2. The number of nitrogens with zero attached hydrogens (tertiary/aromatic N) is 1. The van der Waals surface area contributed by atoms with Crippen LogP contribution in [0, 0.1) is 6.92 Å². The lowest BCUT2D eigenvalue weighted by Crippen LogP contribution is -2.32. The summed E-state index contributed by atoms with van der Waals surface area (Å²) in [5.41, 5.74) is 2.52. The number of hydrogen-bond acceptors (Lipinski definition) is 3. The lowest BCUT2D eigenvalue weighted by atomic mass is 10.2. The standard InChI is InChI=1S/C20H24N2O3/c1-4-25-19-11-6-5-10-18(19)22(16(3)23)13-12-20(24)21-17-9-7-8-15(2)14-17/h5-11,14H,4,12-13H2,1-3H3,(H,21,24). The topological polar surface area (TPSA) is 58.6 Å². The van der Waals surface area contributed by atoms with Gasteiger partial charge in [0.15, 0.2) is 0 Å². The van der Waals surface area contributed by atoms with E-state index in [2.05, 4.69) is 5.32 Å². The smallest absolute Gasteiger partial charge is 0.226 e. The largest absolute Gasteiger partial charge is 0.492 e. The molecule has 0 heterocycles. The SMILES string of the molecule is CCOc1ccccc1N(CCC(=O)Nc1cccc(C)c1)C(C)=O. The fraction of sp³-hybridized carbons (Fsp3) is 0.300. The highest BCUT2D eigenvalue weighted by molar-refractivity contribution is 5.95. The summed E-state index contributed by atoms with van der Waals surface area (Å²) in [6, 6.07) is 15.0. The van der Waals surface area contributed by atoms with Crippen LogP contribution in [0.2, 0.25) is 0 Å². The van der Waals surface area contributed by atoms with E-state index in [1.54, 1.807) is 4.90 Å². The first-order valence-corrected chi connectivity index (χ1v) is 8.37. The minimum atomic E-state index is -0.134. The molecule has 132 valence electrons. The molecule has 1 N–H and O–H groups in total. The minimum Gasteiger partial charge on any atom is -0.492 e. The molecule has 5 nitrogen and oxygen atoms in total. The molecule has 0 spiro atoms. The molecule has 0 atom stereocenters. The van der Waals surface area contributed by atoms with Gasteiger partial charge in [-0.15, -0.1) is 0 Å². The first-order chi connectivity index (χ1) is 12.0. The molecular weight excluding hydrogens is 316 g/mol. The number of nitrogens with one attached hydrogen (secondary N) is 1. The highest BCUT2D eigenvalue weighted by Crippen LogP contribution is 2.28. The van der Waals surface area contributed by atoms with Crippen molar-refractivity contribution in [2.75, 3.05) is 23.4 Å². The molecule has 5 heteroatoms. The van der Waals surface area contributed by atoms with Crippen LogP contribution >= 0.6 is 0 Å². The third kappa shape index (κ3) is 5.35. The molecule has 2 amide bonds. The third-order valence-electron chi connectivity index (χ3n) is 3.70. The van der Waals surface area contributed by atoms with E-state index in [0.717, 1.165) is 11.3 Å². The van der Waals surface area contributed by atoms with Gasteiger partial charge in [0.05, 0.1) is 12.3 Å². The van der Waals surface area contributed by atoms with Crippen LogP contribution in [0.1, 0.15) is 25.8 Å². The Hall–Kier alpha value is -2.82. The fourth-order valence-corrected chi connectivity index (χ4v) is 2.56. The molecule has 2 aromatic rings. The van der Waals surface area contributed by atoms with Crippen LogP contribution in [0.5, 0.6) is 5.75 Å². The number of carbonyl (C=O) groups is 2. The number of hydrogen-bond donors (Lipinski definition) is 1. The van der Waals surface area contributed by atoms with E-state index in [4.69, 9.17) is 4.74 Å². The van der Waals surface area contributed by atoms with Crippen LogP contribution in [-0.4, -0.2) is 25.0 Å². The lowest BCUT2D eigenvalue weighted by molar-refractivity contribution is -0.117. The van der Waals surface area contributed by atoms with Crippen molar-refractivity contribution in [2.24, 2.45) is 0 Å². The van der Waals surface area contributed by atoms with Gasteiger partial charge in [0.2, 0.25) is 11.8 Å². The molecule has 0 saturated carbocycles. The highest BCUT2D eigenvalue weighted by atomic mass is 16.5. The summed E-state index contributed by atoms with van der Waals surface area (Å²) < 4.78 is 5.59. The van der Waals surface area contributed by atoms with Gasteiger partial charge in [-0.05, 0) is 43.7 Å². The summed E-state index contributed by atoms with van der Waals surface area (Å²) in [4.78, 5) is 25.8. The van der Waals surface area contributed by atoms with Crippen molar-refractivity contribution in [1.82, 2.24) is 0 Å². The maximum Gasteiger partial charge on any atom is 0.226 e. The van der Waals surface area contributed by atoms with E-state index in [1.807, 2.05) is 62.4 Å². The number of anilines is 2. The van der Waals surface area contributed by atoms with Crippen molar-refractivity contribution in [1.29, 1.82) is 0 Å². The Morgan fingerprint density at radius 3 is 2.56 bits per heavy atom. The van der Waals surface area contributed by atoms with E-state index in [-0.39, 0.29) is 24.8 Å². The van der Waals surface area contributed by atoms with Crippen LogP contribution in [0.25, 0.3) is 0 Å². The van der Waals surface area contributed by atoms with Gasteiger partial charge >= 0.3 is 0 Å². The lowest BCUT2D eigenvalue weighted by Gasteiger charge is -2.23. The van der Waals surface area contributed by atoms with Gasteiger partial charge in [-0.3, -0.25) is 9.59 Å². The number of ether oxygens (including phenoxy) is 1. The molecule has 2 aromatic carbocycles. The number of amides is 2. The van der Waals surface area contributed by atoms with Gasteiger partial charge in [-0.25, -0.2) is 0 Å². The summed E-state index contributed by atoms with van der Waals surface area (Å²) in [6.07, 6.45) is 0.202. The summed E-state index contributed by atoms with van der Waals surface area (Å²) in [5, 5.41) is 2.86. The second-order valence-electron chi connectivity index (χ2n) is 5.74. The molecule has 25 heavy (non-hydrogen) atoms. The van der Waals surface area contributed by atoms with Crippen LogP contribution in [-0.2, 0) is 9.59 Å². The molecule has 0 radical (unpaired) electrons. The Kier molecular flexibility index (Phi) is 6.57. The van der Waals surface area contributed by atoms with E-state index in [0.29, 0.717) is 18.0 Å². The Morgan fingerprint density at radius 2 is 1.88 bits per heavy atom. The number of rotatable bonds is 7. The molecule has 0 aliphatic heterocycles. The molecule has 0 bridgehead atoms. The predicted octanol–water partition coefficient (Wildman–Crippen LogP) is 3.78. The zero-order valence-electron chi connectivity index (χ0n) is 14.9. The predicted molar refractivity (Wildman–Crippen MR) is 100 cm³/mol. The van der Waals surface area contributed by atoms with Gasteiger partial charge in [0.1, 0.15) is 5.75 Å². The number of carbonyl (C=O) groups excluding carboxylic acids is 2. The van der Waals surface area contributed by atoms with E-state index < -0.39 is 0 Å². The zero-order valence-corrected chi connectivity index (χ0v) is 14.9. The average Bonchev–Trinajstić information content (AvgIpc) is 2.56. The minimum absolute atomic E-state index is 0.129. The van der Waals surface area contributed by atoms with Gasteiger partial charge < -0.3 is 15.0 Å². The first-order valence-electron chi connectivity index (χ1n) is 8.37. The maximum atomic E-state index is 12.2. The van der Waals surface area contributed by atoms with Crippen LogP contribution in [0.3, 0.4) is 0 Å². The highest BCUT2D eigenvalue weighted by Gasteiger charge is 2.17. The second kappa shape index (κ2) is 8.87. The first kappa shape index (κ1) is 18.5. The normalized spacial score (nSPS) is 10.2. The van der Waals surface area contributed by atoms with Crippen molar-refractivity contribution in [3.8, 4) is 5.75 Å². The van der Waals surface area contributed by atoms with Crippen molar-refractivity contribution in [3.05, 3.63) is 54.1 Å². The second-order valence-corrected chi connectivity index (χ2v) is 5.74. The van der Waals surface area contributed by atoms with E-state index in [9.17, 15) is 9.59 Å². The summed E-state index contributed by atoms with van der Waals surface area (Å²) in [6.45, 7) is 6.15. The van der Waals surface area contributed by atoms with Gasteiger partial charge in [0, 0.05) is 25.6 Å². The fourth-order valence-electron chi connectivity index (χ4n) is 2.56. The number of aryl methyl sites for hydroxylation is 1. The van der Waals surface area contributed by atoms with Crippen molar-refractivity contribution < 1.29 is 14.3 Å². The van der Waals surface area contributed by atoms with E-state index >= 15 is 0 Å². The quantitative estimate of drug-likeness (QED) is 0.834. The van der Waals surface area contributed by atoms with Gasteiger partial charge in [0.25, 0.3) is 0 Å². The Morgan fingerprint density at radius 1 is 1.12 bits per heavy atom. The Labute approximate surface area is 148 Å². The monoisotopic (exact) mass is 340 g/mol. The summed E-state index contributed by atoms with van der Waals surface area (Å²) >= 11 is 0. The average molecular weight is 340 g/mol. The number of para-hydroxylation sites is 2.